The minimum absolute atomic E-state index is 0.0637. The number of piperidine rings is 1. The molecule has 0 unspecified atom stereocenters. The average molecular weight is 449 g/mol. The van der Waals surface area contributed by atoms with E-state index in [1.165, 1.54) is 0 Å². The smallest absolute Gasteiger partial charge is 0.317 e. The number of sulfonamides is 1. The number of hydrogen-bond acceptors (Lipinski definition) is 4. The molecule has 0 bridgehead atoms. The van der Waals surface area contributed by atoms with Crippen LogP contribution in [0.5, 0.6) is 0 Å². The Bertz CT molecular complexity index is 991. The van der Waals surface area contributed by atoms with Crippen molar-refractivity contribution in [3.8, 4) is 0 Å². The second-order valence-electron chi connectivity index (χ2n) is 9.85. The molecule has 3 aliphatic heterocycles. The molecule has 3 heterocycles. The van der Waals surface area contributed by atoms with E-state index in [9.17, 15) is 18.0 Å². The Labute approximate surface area is 184 Å². The van der Waals surface area contributed by atoms with E-state index in [1.807, 2.05) is 20.8 Å². The number of carbonyl (C=O) groups excluding carboxylic acids is 2. The lowest BCUT2D eigenvalue weighted by molar-refractivity contribution is -0.118. The van der Waals surface area contributed by atoms with E-state index in [-0.39, 0.29) is 23.4 Å². The molecule has 1 aromatic rings. The summed E-state index contributed by atoms with van der Waals surface area (Å²) in [4.78, 5) is 28.3. The summed E-state index contributed by atoms with van der Waals surface area (Å²) in [5.41, 5.74) is 2.55. The van der Waals surface area contributed by atoms with Crippen molar-refractivity contribution in [1.82, 2.24) is 14.9 Å². The predicted molar refractivity (Wildman–Crippen MR) is 119 cm³/mol. The predicted octanol–water partition coefficient (Wildman–Crippen LogP) is 2.02. The first kappa shape index (κ1) is 22.1. The van der Waals surface area contributed by atoms with E-state index in [2.05, 4.69) is 10.0 Å². The van der Waals surface area contributed by atoms with Gasteiger partial charge in [0, 0.05) is 38.1 Å². The highest BCUT2D eigenvalue weighted by Crippen LogP contribution is 2.38. The van der Waals surface area contributed by atoms with Crippen molar-refractivity contribution in [1.29, 1.82) is 0 Å². The van der Waals surface area contributed by atoms with Crippen LogP contribution in [0.4, 0.5) is 10.5 Å². The molecule has 8 nitrogen and oxygen atoms in total. The van der Waals surface area contributed by atoms with Crippen molar-refractivity contribution >= 4 is 27.6 Å². The first-order chi connectivity index (χ1) is 14.5. The summed E-state index contributed by atoms with van der Waals surface area (Å²) in [6.07, 6.45) is 3.27. The summed E-state index contributed by atoms with van der Waals surface area (Å²) in [5.74, 6) is 0.330. The fraction of sp³-hybridized carbons (Fsp3) is 0.636. The number of urea groups is 1. The SMILES string of the molecule is CC(C)(C)NC(=O)N1CCC(CNS(=O)(=O)c2cc3c4c(c2)CCN4C(=O)CC3)CC1. The van der Waals surface area contributed by atoms with E-state index in [0.717, 1.165) is 29.7 Å². The van der Waals surface area contributed by atoms with Gasteiger partial charge in [0.25, 0.3) is 0 Å². The van der Waals surface area contributed by atoms with E-state index >= 15 is 0 Å². The van der Waals surface area contributed by atoms with Gasteiger partial charge in [0.15, 0.2) is 0 Å². The van der Waals surface area contributed by atoms with Gasteiger partial charge in [-0.1, -0.05) is 0 Å². The summed E-state index contributed by atoms with van der Waals surface area (Å²) in [6, 6.07) is 3.39. The van der Waals surface area contributed by atoms with Crippen LogP contribution in [0, 0.1) is 5.92 Å². The molecule has 4 rings (SSSR count). The molecule has 0 radical (unpaired) electrons. The number of amides is 3. The summed E-state index contributed by atoms with van der Waals surface area (Å²) in [6.45, 7) is 8.12. The molecule has 0 atom stereocenters. The van der Waals surface area contributed by atoms with E-state index < -0.39 is 10.0 Å². The number of nitrogens with one attached hydrogen (secondary N) is 2. The minimum atomic E-state index is -3.62. The topological polar surface area (TPSA) is 98.8 Å². The van der Waals surface area contributed by atoms with Crippen molar-refractivity contribution in [2.45, 2.75) is 63.3 Å². The average Bonchev–Trinajstić information content (AvgIpc) is 3.14. The number of carbonyl (C=O) groups is 2. The fourth-order valence-electron chi connectivity index (χ4n) is 4.63. The molecule has 0 saturated carbocycles. The van der Waals surface area contributed by atoms with Crippen molar-refractivity contribution in [3.05, 3.63) is 23.3 Å². The number of nitrogens with zero attached hydrogens (tertiary/aromatic N) is 2. The largest absolute Gasteiger partial charge is 0.333 e. The van der Waals surface area contributed by atoms with Gasteiger partial charge in [0.05, 0.1) is 10.6 Å². The van der Waals surface area contributed by atoms with Gasteiger partial charge in [-0.15, -0.1) is 0 Å². The lowest BCUT2D eigenvalue weighted by atomic mass is 9.97. The van der Waals surface area contributed by atoms with Crippen LogP contribution in [0.25, 0.3) is 0 Å². The fourth-order valence-corrected chi connectivity index (χ4v) is 5.85. The molecule has 1 saturated heterocycles. The van der Waals surface area contributed by atoms with Crippen molar-refractivity contribution in [2.75, 3.05) is 31.1 Å². The Morgan fingerprint density at radius 2 is 1.71 bits per heavy atom. The second kappa shape index (κ2) is 8.09. The van der Waals surface area contributed by atoms with Gasteiger partial charge in [-0.05, 0) is 75.6 Å². The maximum absolute atomic E-state index is 13.0. The molecule has 1 fully saturated rings. The third kappa shape index (κ3) is 4.72. The van der Waals surface area contributed by atoms with E-state index in [0.29, 0.717) is 50.3 Å². The Balaban J connectivity index is 1.36. The highest BCUT2D eigenvalue weighted by molar-refractivity contribution is 7.89. The van der Waals surface area contributed by atoms with Crippen LogP contribution >= 0.6 is 0 Å². The molecular weight excluding hydrogens is 416 g/mol. The zero-order chi connectivity index (χ0) is 22.4. The Morgan fingerprint density at radius 3 is 2.35 bits per heavy atom. The number of hydrogen-bond donors (Lipinski definition) is 2. The monoisotopic (exact) mass is 448 g/mol. The standard InChI is InChI=1S/C22H32N4O4S/c1-22(2,3)24-21(28)25-9-6-15(7-10-25)14-23-31(29,30)18-12-16-4-5-19(27)26-11-8-17(13-18)20(16)26/h12-13,15,23H,4-11,14H2,1-3H3,(H,24,28). The Morgan fingerprint density at radius 1 is 1.06 bits per heavy atom. The molecule has 170 valence electrons. The number of aryl methyl sites for hydroxylation is 1. The van der Waals surface area contributed by atoms with Gasteiger partial charge in [-0.25, -0.2) is 17.9 Å². The van der Waals surface area contributed by atoms with Crippen LogP contribution in [0.1, 0.15) is 51.2 Å². The highest BCUT2D eigenvalue weighted by Gasteiger charge is 2.33. The molecule has 3 amide bonds. The first-order valence-electron chi connectivity index (χ1n) is 11.1. The van der Waals surface area contributed by atoms with Gasteiger partial charge in [0.1, 0.15) is 0 Å². The number of rotatable bonds is 4. The summed E-state index contributed by atoms with van der Waals surface area (Å²) < 4.78 is 28.7. The summed E-state index contributed by atoms with van der Waals surface area (Å²) >= 11 is 0. The van der Waals surface area contributed by atoms with E-state index in [1.54, 1.807) is 21.9 Å². The van der Waals surface area contributed by atoms with Gasteiger partial charge < -0.3 is 15.1 Å². The maximum atomic E-state index is 13.0. The molecular formula is C22H32N4O4S. The van der Waals surface area contributed by atoms with E-state index in [4.69, 9.17) is 0 Å². The number of anilines is 1. The normalized spacial score (nSPS) is 19.5. The van der Waals surface area contributed by atoms with Crippen LogP contribution in [-0.4, -0.2) is 57.0 Å². The van der Waals surface area contributed by atoms with Crippen LogP contribution in [0.2, 0.25) is 0 Å². The molecule has 0 aliphatic carbocycles. The molecule has 0 aromatic heterocycles. The number of benzene rings is 1. The second-order valence-corrected chi connectivity index (χ2v) is 11.6. The van der Waals surface area contributed by atoms with Crippen LogP contribution in [-0.2, 0) is 27.7 Å². The Kier molecular flexibility index (Phi) is 5.76. The number of likely N-dealkylation sites (tertiary alicyclic amines) is 1. The molecule has 9 heteroatoms. The molecule has 3 aliphatic rings. The Hall–Kier alpha value is -2.13. The quantitative estimate of drug-likeness (QED) is 0.736. The van der Waals surface area contributed by atoms with Crippen molar-refractivity contribution in [2.24, 2.45) is 5.92 Å². The molecule has 0 spiro atoms. The van der Waals surface area contributed by atoms with Crippen LogP contribution in [0.15, 0.2) is 17.0 Å². The lowest BCUT2D eigenvalue weighted by Gasteiger charge is -2.34. The summed E-state index contributed by atoms with van der Waals surface area (Å²) in [5, 5.41) is 2.97. The third-order valence-electron chi connectivity index (χ3n) is 6.28. The zero-order valence-corrected chi connectivity index (χ0v) is 19.3. The molecule has 31 heavy (non-hydrogen) atoms. The zero-order valence-electron chi connectivity index (χ0n) is 18.5. The summed E-state index contributed by atoms with van der Waals surface area (Å²) in [7, 11) is -3.62. The van der Waals surface area contributed by atoms with Crippen molar-refractivity contribution in [3.63, 3.8) is 0 Å². The lowest BCUT2D eigenvalue weighted by Crippen LogP contribution is -2.51. The molecule has 2 N–H and O–H groups in total. The molecule has 1 aromatic carbocycles. The highest BCUT2D eigenvalue weighted by atomic mass is 32.2. The maximum Gasteiger partial charge on any atom is 0.317 e. The minimum Gasteiger partial charge on any atom is -0.333 e. The van der Waals surface area contributed by atoms with Crippen LogP contribution in [0.3, 0.4) is 0 Å². The van der Waals surface area contributed by atoms with Gasteiger partial charge in [-0.2, -0.15) is 0 Å². The van der Waals surface area contributed by atoms with Gasteiger partial charge in [-0.3, -0.25) is 4.79 Å². The third-order valence-corrected chi connectivity index (χ3v) is 7.68. The van der Waals surface area contributed by atoms with Gasteiger partial charge >= 0.3 is 6.03 Å². The van der Waals surface area contributed by atoms with Crippen molar-refractivity contribution < 1.29 is 18.0 Å². The van der Waals surface area contributed by atoms with Gasteiger partial charge in [0.2, 0.25) is 15.9 Å². The van der Waals surface area contributed by atoms with Crippen LogP contribution < -0.4 is 14.9 Å². The first-order valence-corrected chi connectivity index (χ1v) is 12.5.